The molecular weight excluding hydrogens is 475 g/mol. The van der Waals surface area contributed by atoms with Crippen LogP contribution in [0.1, 0.15) is 42.7 Å². The topological polar surface area (TPSA) is 116 Å². The predicted molar refractivity (Wildman–Crippen MR) is 117 cm³/mol. The van der Waals surface area contributed by atoms with Crippen LogP contribution in [0, 0.1) is 5.82 Å². The summed E-state index contributed by atoms with van der Waals surface area (Å²) in [5, 5.41) is 7.66. The van der Waals surface area contributed by atoms with E-state index in [1.807, 2.05) is 13.8 Å². The molecule has 4 heterocycles. The van der Waals surface area contributed by atoms with Crippen LogP contribution in [0.25, 0.3) is 16.7 Å². The third kappa shape index (κ3) is 4.69. The molecule has 1 aliphatic heterocycles. The average molecular weight is 497 g/mol. The Kier molecular flexibility index (Phi) is 6.00. The number of fused-ring (bicyclic) bond motifs is 1. The minimum atomic E-state index is -3.15. The molecule has 9 nitrogen and oxygen atoms in total. The van der Waals surface area contributed by atoms with Crippen molar-refractivity contribution < 1.29 is 31.1 Å². The molecule has 0 spiro atoms. The molecule has 1 amide bonds. The van der Waals surface area contributed by atoms with Gasteiger partial charge in [-0.2, -0.15) is 5.10 Å². The van der Waals surface area contributed by atoms with Crippen LogP contribution in [0.5, 0.6) is 5.88 Å². The van der Waals surface area contributed by atoms with Crippen LogP contribution >= 0.6 is 0 Å². The fraction of sp³-hybridized carbons (Fsp3) is 0.429. The van der Waals surface area contributed by atoms with Crippen LogP contribution in [0.3, 0.4) is 0 Å². The van der Waals surface area contributed by atoms with Gasteiger partial charge in [0.15, 0.2) is 27.9 Å². The Morgan fingerprint density at radius 3 is 2.56 bits per heavy atom. The number of ether oxygens (including phenoxy) is 1. The molecule has 0 aromatic carbocycles. The van der Waals surface area contributed by atoms with Crippen molar-refractivity contribution in [1.29, 1.82) is 0 Å². The first kappa shape index (κ1) is 23.9. The van der Waals surface area contributed by atoms with E-state index in [1.54, 1.807) is 13.0 Å². The van der Waals surface area contributed by atoms with E-state index in [-0.39, 0.29) is 40.2 Å². The number of hydrogen-bond acceptors (Lipinski definition) is 7. The van der Waals surface area contributed by atoms with Crippen LogP contribution in [-0.2, 0) is 9.84 Å². The van der Waals surface area contributed by atoms with E-state index in [0.717, 1.165) is 12.3 Å². The molecular formula is C21H22F3N5O4S. The average Bonchev–Trinajstić information content (AvgIpc) is 3.10. The van der Waals surface area contributed by atoms with Gasteiger partial charge >= 0.3 is 0 Å². The summed E-state index contributed by atoms with van der Waals surface area (Å²) in [6.45, 7) is 4.47. The predicted octanol–water partition coefficient (Wildman–Crippen LogP) is 2.64. The van der Waals surface area contributed by atoms with Crippen molar-refractivity contribution in [3.63, 3.8) is 0 Å². The summed E-state index contributed by atoms with van der Waals surface area (Å²) in [5.41, 5.74) is -0.00261. The number of halogens is 3. The van der Waals surface area contributed by atoms with E-state index in [1.165, 1.54) is 10.9 Å². The standard InChI is InChI=1S/C21H22F3N5O4S/c1-11(2)18-13-4-12(20(30)27-21(3)9-34(31,32)10-21)6-26-19(13)29(28-18)15-5-17(25-7-14(15)22)33-8-16(23)24/h4-7,11,16H,8-10H2,1-3H3,(H,27,30). The summed E-state index contributed by atoms with van der Waals surface area (Å²) in [5.74, 6) is -1.88. The van der Waals surface area contributed by atoms with Crippen molar-refractivity contribution in [2.75, 3.05) is 18.1 Å². The molecule has 0 unspecified atom stereocenters. The van der Waals surface area contributed by atoms with Crippen LogP contribution in [0.15, 0.2) is 24.5 Å². The highest BCUT2D eigenvalue weighted by Crippen LogP contribution is 2.29. The van der Waals surface area contributed by atoms with Gasteiger partial charge < -0.3 is 10.1 Å². The number of aromatic nitrogens is 4. The highest BCUT2D eigenvalue weighted by molar-refractivity contribution is 7.93. The van der Waals surface area contributed by atoms with Crippen molar-refractivity contribution in [2.45, 2.75) is 38.7 Å². The number of carbonyl (C=O) groups is 1. The number of pyridine rings is 2. The Morgan fingerprint density at radius 1 is 1.24 bits per heavy atom. The number of amides is 1. The van der Waals surface area contributed by atoms with E-state index < -0.39 is 40.1 Å². The summed E-state index contributed by atoms with van der Waals surface area (Å²) in [4.78, 5) is 20.7. The van der Waals surface area contributed by atoms with Gasteiger partial charge in [-0.25, -0.2) is 36.2 Å². The zero-order valence-corrected chi connectivity index (χ0v) is 19.4. The monoisotopic (exact) mass is 497 g/mol. The first-order valence-corrected chi connectivity index (χ1v) is 12.2. The normalized spacial score (nSPS) is 16.6. The first-order valence-electron chi connectivity index (χ1n) is 10.4. The van der Waals surface area contributed by atoms with Crippen LogP contribution in [0.2, 0.25) is 0 Å². The van der Waals surface area contributed by atoms with Gasteiger partial charge in [-0.05, 0) is 18.9 Å². The molecule has 0 radical (unpaired) electrons. The zero-order valence-electron chi connectivity index (χ0n) is 18.5. The van der Waals surface area contributed by atoms with Gasteiger partial charge in [0.05, 0.1) is 34.5 Å². The van der Waals surface area contributed by atoms with Gasteiger partial charge in [0.25, 0.3) is 12.3 Å². The summed E-state index contributed by atoms with van der Waals surface area (Å²) in [6, 6.07) is 2.70. The van der Waals surface area contributed by atoms with Gasteiger partial charge in [0.1, 0.15) is 5.69 Å². The highest BCUT2D eigenvalue weighted by Gasteiger charge is 2.45. The largest absolute Gasteiger partial charge is 0.472 e. The maximum absolute atomic E-state index is 14.6. The van der Waals surface area contributed by atoms with E-state index in [2.05, 4.69) is 20.4 Å². The molecule has 0 aliphatic carbocycles. The molecule has 182 valence electrons. The SMILES string of the molecule is CC(C)c1nn(-c2cc(OCC(F)F)ncc2F)c2ncc(C(=O)NC3(C)CS(=O)(=O)C3)cc12. The zero-order chi connectivity index (χ0) is 24.8. The van der Waals surface area contributed by atoms with Gasteiger partial charge in [-0.3, -0.25) is 4.79 Å². The van der Waals surface area contributed by atoms with E-state index in [0.29, 0.717) is 11.1 Å². The molecule has 1 N–H and O–H groups in total. The number of alkyl halides is 2. The van der Waals surface area contributed by atoms with Crippen LogP contribution in [-0.4, -0.2) is 64.2 Å². The van der Waals surface area contributed by atoms with Crippen molar-refractivity contribution in [1.82, 2.24) is 25.1 Å². The van der Waals surface area contributed by atoms with E-state index in [9.17, 15) is 26.4 Å². The van der Waals surface area contributed by atoms with Gasteiger partial charge in [0, 0.05) is 17.6 Å². The van der Waals surface area contributed by atoms with Crippen molar-refractivity contribution in [2.24, 2.45) is 0 Å². The Labute approximate surface area is 193 Å². The third-order valence-electron chi connectivity index (χ3n) is 5.25. The lowest BCUT2D eigenvalue weighted by Crippen LogP contribution is -2.63. The Bertz CT molecular complexity index is 1360. The molecule has 3 aromatic rings. The quantitative estimate of drug-likeness (QED) is 0.534. The second-order valence-electron chi connectivity index (χ2n) is 8.77. The maximum Gasteiger partial charge on any atom is 0.272 e. The molecule has 1 aliphatic rings. The number of hydrogen-bond donors (Lipinski definition) is 1. The van der Waals surface area contributed by atoms with E-state index in [4.69, 9.17) is 4.74 Å². The number of nitrogens with one attached hydrogen (secondary N) is 1. The molecule has 1 saturated heterocycles. The number of rotatable bonds is 7. The first-order chi connectivity index (χ1) is 15.9. The molecule has 0 atom stereocenters. The molecule has 1 fully saturated rings. The molecule has 0 bridgehead atoms. The minimum Gasteiger partial charge on any atom is -0.472 e. The minimum absolute atomic E-state index is 0.104. The fourth-order valence-electron chi connectivity index (χ4n) is 3.89. The molecule has 0 saturated carbocycles. The van der Waals surface area contributed by atoms with Gasteiger partial charge in [0.2, 0.25) is 5.88 Å². The molecule has 13 heteroatoms. The second-order valence-corrected chi connectivity index (χ2v) is 10.8. The smallest absolute Gasteiger partial charge is 0.272 e. The lowest BCUT2D eigenvalue weighted by atomic mass is 10.0. The number of carbonyl (C=O) groups excluding carboxylic acids is 1. The van der Waals surface area contributed by atoms with Gasteiger partial charge in [-0.1, -0.05) is 13.8 Å². The van der Waals surface area contributed by atoms with Gasteiger partial charge in [-0.15, -0.1) is 0 Å². The Balaban J connectivity index is 1.72. The van der Waals surface area contributed by atoms with Crippen LogP contribution in [0.4, 0.5) is 13.2 Å². The van der Waals surface area contributed by atoms with Crippen molar-refractivity contribution in [3.05, 3.63) is 41.6 Å². The highest BCUT2D eigenvalue weighted by atomic mass is 32.2. The summed E-state index contributed by atoms with van der Waals surface area (Å²) in [7, 11) is -3.15. The number of nitrogens with zero attached hydrogens (tertiary/aromatic N) is 4. The fourth-order valence-corrected chi connectivity index (χ4v) is 5.89. The second kappa shape index (κ2) is 8.53. The molecule has 3 aromatic heterocycles. The molecule has 34 heavy (non-hydrogen) atoms. The summed E-state index contributed by atoms with van der Waals surface area (Å²) >= 11 is 0. The third-order valence-corrected chi connectivity index (χ3v) is 7.40. The number of sulfone groups is 1. The van der Waals surface area contributed by atoms with Crippen molar-refractivity contribution in [3.8, 4) is 11.6 Å². The lowest BCUT2D eigenvalue weighted by molar-refractivity contribution is 0.0795. The van der Waals surface area contributed by atoms with Crippen LogP contribution < -0.4 is 10.1 Å². The Morgan fingerprint density at radius 2 is 1.94 bits per heavy atom. The Hall–Kier alpha value is -3.22. The lowest BCUT2D eigenvalue weighted by Gasteiger charge is -2.38. The van der Waals surface area contributed by atoms with Crippen molar-refractivity contribution >= 4 is 26.8 Å². The molecule has 4 rings (SSSR count). The van der Waals surface area contributed by atoms with E-state index >= 15 is 0 Å². The summed E-state index contributed by atoms with van der Waals surface area (Å²) in [6.07, 6.45) is -0.598. The summed E-state index contributed by atoms with van der Waals surface area (Å²) < 4.78 is 68.7. The maximum atomic E-state index is 14.6.